The largest absolute Gasteiger partial charge is 0.331 e. The molecule has 0 radical (unpaired) electrons. The molecule has 6 heteroatoms. The van der Waals surface area contributed by atoms with E-state index < -0.39 is 0 Å². The number of benzene rings is 1. The molecule has 1 atom stereocenters. The minimum absolute atomic E-state index is 0.138. The number of amides is 2. The van der Waals surface area contributed by atoms with Crippen LogP contribution in [0, 0.1) is 11.3 Å². The van der Waals surface area contributed by atoms with Crippen LogP contribution in [0.4, 0.5) is 16.3 Å². The number of carbonyl (C=O) groups is 1. The molecule has 0 bridgehead atoms. The molecule has 0 N–H and O–H groups in total. The Morgan fingerprint density at radius 1 is 1.11 bits per heavy atom. The Bertz CT molecular complexity index is 1010. The van der Waals surface area contributed by atoms with E-state index in [1.165, 1.54) is 0 Å². The Morgan fingerprint density at radius 2 is 1.89 bits per heavy atom. The monoisotopic (exact) mass is 355 g/mol. The summed E-state index contributed by atoms with van der Waals surface area (Å²) in [5.74, 6) is 0.627. The number of urea groups is 1. The number of pyridine rings is 2. The lowest BCUT2D eigenvalue weighted by Crippen LogP contribution is -2.46. The molecule has 0 saturated heterocycles. The first kappa shape index (κ1) is 16.7. The molecule has 6 nitrogen and oxygen atoms in total. The van der Waals surface area contributed by atoms with Gasteiger partial charge in [-0.1, -0.05) is 12.1 Å². The summed E-state index contributed by atoms with van der Waals surface area (Å²) in [4.78, 5) is 25.4. The third-order valence-electron chi connectivity index (χ3n) is 4.75. The zero-order valence-corrected chi connectivity index (χ0v) is 14.8. The molecule has 2 aromatic heterocycles. The van der Waals surface area contributed by atoms with Crippen LogP contribution in [-0.4, -0.2) is 20.9 Å². The molecule has 27 heavy (non-hydrogen) atoms. The maximum Gasteiger partial charge on any atom is 0.331 e. The zero-order chi connectivity index (χ0) is 18.8. The second kappa shape index (κ2) is 6.89. The van der Waals surface area contributed by atoms with Gasteiger partial charge in [-0.3, -0.25) is 4.98 Å². The highest BCUT2D eigenvalue weighted by Gasteiger charge is 2.35. The molecule has 1 aromatic carbocycles. The Morgan fingerprint density at radius 3 is 2.59 bits per heavy atom. The van der Waals surface area contributed by atoms with Crippen LogP contribution in [0.15, 0.2) is 67.1 Å². The van der Waals surface area contributed by atoms with Crippen molar-refractivity contribution < 1.29 is 4.79 Å². The lowest BCUT2D eigenvalue weighted by Gasteiger charge is -2.39. The molecule has 132 valence electrons. The van der Waals surface area contributed by atoms with Gasteiger partial charge in [0.15, 0.2) is 0 Å². The van der Waals surface area contributed by atoms with Gasteiger partial charge in [0.1, 0.15) is 5.82 Å². The fourth-order valence-corrected chi connectivity index (χ4v) is 3.25. The number of fused-ring (bicyclic) bond motifs is 1. The Hall–Kier alpha value is -3.72. The second-order valence-electron chi connectivity index (χ2n) is 6.35. The number of hydrogen-bond donors (Lipinski definition) is 0. The van der Waals surface area contributed by atoms with Crippen LogP contribution >= 0.6 is 0 Å². The van der Waals surface area contributed by atoms with Crippen LogP contribution in [0.1, 0.15) is 29.7 Å². The van der Waals surface area contributed by atoms with Crippen LogP contribution in [-0.2, 0) is 6.54 Å². The van der Waals surface area contributed by atoms with Gasteiger partial charge in [0.05, 0.1) is 29.9 Å². The molecular weight excluding hydrogens is 338 g/mol. The molecule has 2 amide bonds. The van der Waals surface area contributed by atoms with Gasteiger partial charge in [-0.2, -0.15) is 5.26 Å². The van der Waals surface area contributed by atoms with Crippen molar-refractivity contribution in [3.63, 3.8) is 0 Å². The van der Waals surface area contributed by atoms with Crippen molar-refractivity contribution in [2.75, 3.05) is 4.90 Å². The van der Waals surface area contributed by atoms with E-state index in [4.69, 9.17) is 5.26 Å². The number of anilines is 2. The normalized spacial score (nSPS) is 14.4. The second-order valence-corrected chi connectivity index (χ2v) is 6.35. The van der Waals surface area contributed by atoms with Crippen molar-refractivity contribution >= 4 is 17.5 Å². The standard InChI is InChI=1S/C21H17N5O/c1-15(17-4-2-10-23-13-17)25-14-18-5-3-11-24-20(18)26(21(25)27)19-8-6-16(12-22)7-9-19/h2-11,13,15H,14H2,1H3. The molecule has 3 aromatic rings. The molecule has 1 aliphatic rings. The van der Waals surface area contributed by atoms with Gasteiger partial charge in [-0.15, -0.1) is 0 Å². The number of carbonyl (C=O) groups excluding carboxylic acids is 1. The smallest absolute Gasteiger partial charge is 0.313 e. The molecule has 0 saturated carbocycles. The number of aromatic nitrogens is 2. The van der Waals surface area contributed by atoms with Crippen molar-refractivity contribution in [1.82, 2.24) is 14.9 Å². The average Bonchev–Trinajstić information content (AvgIpc) is 2.73. The molecule has 1 aliphatic heterocycles. The van der Waals surface area contributed by atoms with Crippen molar-refractivity contribution in [2.24, 2.45) is 0 Å². The van der Waals surface area contributed by atoms with Gasteiger partial charge in [-0.05, 0) is 48.9 Å². The summed E-state index contributed by atoms with van der Waals surface area (Å²) in [5, 5.41) is 9.03. The highest BCUT2D eigenvalue weighted by Crippen LogP contribution is 2.36. The molecule has 0 fully saturated rings. The van der Waals surface area contributed by atoms with E-state index in [0.717, 1.165) is 11.1 Å². The van der Waals surface area contributed by atoms with Crippen LogP contribution in [0.5, 0.6) is 0 Å². The van der Waals surface area contributed by atoms with Gasteiger partial charge >= 0.3 is 6.03 Å². The summed E-state index contributed by atoms with van der Waals surface area (Å²) >= 11 is 0. The molecule has 1 unspecified atom stereocenters. The van der Waals surface area contributed by atoms with E-state index >= 15 is 0 Å². The van der Waals surface area contributed by atoms with Gasteiger partial charge in [0.25, 0.3) is 0 Å². The minimum atomic E-state index is -0.151. The topological polar surface area (TPSA) is 73.1 Å². The van der Waals surface area contributed by atoms with Gasteiger partial charge in [-0.25, -0.2) is 14.7 Å². The quantitative estimate of drug-likeness (QED) is 0.706. The molecular formula is C21H17N5O. The molecule has 4 rings (SSSR count). The third kappa shape index (κ3) is 3.00. The van der Waals surface area contributed by atoms with Crippen molar-refractivity contribution in [3.05, 3.63) is 83.8 Å². The lowest BCUT2D eigenvalue weighted by atomic mass is 10.1. The van der Waals surface area contributed by atoms with Crippen molar-refractivity contribution in [2.45, 2.75) is 19.5 Å². The first-order valence-electron chi connectivity index (χ1n) is 8.64. The summed E-state index contributed by atoms with van der Waals surface area (Å²) in [5.41, 5.74) is 3.17. The van der Waals surface area contributed by atoms with E-state index in [0.29, 0.717) is 23.6 Å². The fourth-order valence-electron chi connectivity index (χ4n) is 3.25. The summed E-state index contributed by atoms with van der Waals surface area (Å²) in [6, 6.07) is 16.4. The Kier molecular flexibility index (Phi) is 4.27. The van der Waals surface area contributed by atoms with E-state index in [1.807, 2.05) is 31.2 Å². The first-order chi connectivity index (χ1) is 13.2. The van der Waals surface area contributed by atoms with Crippen LogP contribution in [0.2, 0.25) is 0 Å². The predicted octanol–water partition coefficient (Wildman–Crippen LogP) is 4.18. The van der Waals surface area contributed by atoms with E-state index in [2.05, 4.69) is 16.0 Å². The maximum absolute atomic E-state index is 13.4. The third-order valence-corrected chi connectivity index (χ3v) is 4.75. The SMILES string of the molecule is CC(c1cccnc1)N1Cc2cccnc2N(c2ccc(C#N)cc2)C1=O. The number of hydrogen-bond acceptors (Lipinski definition) is 4. The highest BCUT2D eigenvalue weighted by atomic mass is 16.2. The molecule has 3 heterocycles. The van der Waals surface area contributed by atoms with E-state index in [1.54, 1.807) is 52.7 Å². The van der Waals surface area contributed by atoms with Gasteiger partial charge in [0.2, 0.25) is 0 Å². The van der Waals surface area contributed by atoms with Crippen molar-refractivity contribution in [3.8, 4) is 6.07 Å². The van der Waals surface area contributed by atoms with E-state index in [9.17, 15) is 4.79 Å². The molecule has 0 aliphatic carbocycles. The summed E-state index contributed by atoms with van der Waals surface area (Å²) < 4.78 is 0. The summed E-state index contributed by atoms with van der Waals surface area (Å²) in [6.07, 6.45) is 5.18. The lowest BCUT2D eigenvalue weighted by molar-refractivity contribution is 0.180. The Balaban J connectivity index is 1.77. The number of nitrogens with zero attached hydrogens (tertiary/aromatic N) is 5. The minimum Gasteiger partial charge on any atom is -0.313 e. The predicted molar refractivity (Wildman–Crippen MR) is 101 cm³/mol. The number of nitriles is 1. The van der Waals surface area contributed by atoms with E-state index in [-0.39, 0.29) is 12.1 Å². The molecule has 0 spiro atoms. The average molecular weight is 355 g/mol. The highest BCUT2D eigenvalue weighted by molar-refractivity contribution is 6.01. The van der Waals surface area contributed by atoms with Crippen LogP contribution < -0.4 is 4.90 Å². The van der Waals surface area contributed by atoms with Crippen LogP contribution in [0.3, 0.4) is 0 Å². The van der Waals surface area contributed by atoms with Gasteiger partial charge in [0, 0.05) is 24.2 Å². The number of rotatable bonds is 3. The van der Waals surface area contributed by atoms with Gasteiger partial charge < -0.3 is 4.90 Å². The summed E-state index contributed by atoms with van der Waals surface area (Å²) in [6.45, 7) is 2.47. The fraction of sp³-hybridized carbons (Fsp3) is 0.143. The first-order valence-corrected chi connectivity index (χ1v) is 8.64. The zero-order valence-electron chi connectivity index (χ0n) is 14.8. The summed E-state index contributed by atoms with van der Waals surface area (Å²) in [7, 11) is 0. The Labute approximate surface area is 157 Å². The van der Waals surface area contributed by atoms with Crippen LogP contribution in [0.25, 0.3) is 0 Å². The maximum atomic E-state index is 13.4. The van der Waals surface area contributed by atoms with Crippen molar-refractivity contribution in [1.29, 1.82) is 5.26 Å².